The van der Waals surface area contributed by atoms with Crippen LogP contribution in [0.5, 0.6) is 0 Å². The van der Waals surface area contributed by atoms with Gasteiger partial charge in [-0.2, -0.15) is 0 Å². The van der Waals surface area contributed by atoms with Gasteiger partial charge in [0, 0.05) is 6.54 Å². The SMILES string of the molecule is O=C1NC(=Nc2c(Cl)cccc2Cl)S/C1=C\c1ccc2ncn(CC3CC3)c2c1. The van der Waals surface area contributed by atoms with Gasteiger partial charge in [0.2, 0.25) is 0 Å². The predicted molar refractivity (Wildman–Crippen MR) is 120 cm³/mol. The summed E-state index contributed by atoms with van der Waals surface area (Å²) in [7, 11) is 0. The lowest BCUT2D eigenvalue weighted by atomic mass is 10.2. The number of amides is 1. The van der Waals surface area contributed by atoms with Crippen molar-refractivity contribution in [2.24, 2.45) is 10.9 Å². The van der Waals surface area contributed by atoms with Crippen molar-refractivity contribution in [2.45, 2.75) is 19.4 Å². The monoisotopic (exact) mass is 442 g/mol. The predicted octanol–water partition coefficient (Wildman–Crippen LogP) is 5.64. The van der Waals surface area contributed by atoms with E-state index in [0.29, 0.717) is 25.8 Å². The highest BCUT2D eigenvalue weighted by Gasteiger charge is 2.25. The maximum absolute atomic E-state index is 12.4. The Morgan fingerprint density at radius 2 is 2.03 bits per heavy atom. The van der Waals surface area contributed by atoms with E-state index >= 15 is 0 Å². The van der Waals surface area contributed by atoms with Crippen molar-refractivity contribution in [1.82, 2.24) is 14.9 Å². The normalized spacial score (nSPS) is 19.4. The molecule has 2 aromatic carbocycles. The Hall–Kier alpha value is -2.28. The maximum atomic E-state index is 12.4. The van der Waals surface area contributed by atoms with Gasteiger partial charge < -0.3 is 9.88 Å². The Morgan fingerprint density at radius 1 is 1.24 bits per heavy atom. The third-order valence-electron chi connectivity index (χ3n) is 4.90. The molecule has 29 heavy (non-hydrogen) atoms. The van der Waals surface area contributed by atoms with Crippen molar-refractivity contribution in [1.29, 1.82) is 0 Å². The Bertz CT molecular complexity index is 1180. The zero-order chi connectivity index (χ0) is 20.0. The first kappa shape index (κ1) is 18.7. The second-order valence-electron chi connectivity index (χ2n) is 7.14. The molecule has 2 heterocycles. The van der Waals surface area contributed by atoms with E-state index in [9.17, 15) is 4.79 Å². The molecule has 0 spiro atoms. The van der Waals surface area contributed by atoms with Gasteiger partial charge in [-0.3, -0.25) is 4.79 Å². The average molecular weight is 443 g/mol. The van der Waals surface area contributed by atoms with E-state index in [1.165, 1.54) is 24.6 Å². The third kappa shape index (κ3) is 3.92. The number of carbonyl (C=O) groups excluding carboxylic acids is 1. The molecule has 5 rings (SSSR count). The van der Waals surface area contributed by atoms with Gasteiger partial charge in [-0.05, 0) is 66.4 Å². The first-order valence-corrected chi connectivity index (χ1v) is 10.8. The standard InChI is InChI=1S/C21H16Cl2N4OS/c22-14-2-1-3-15(23)19(14)25-21-26-20(28)18(29-21)9-13-6-7-16-17(8-13)27(11-24-16)10-12-4-5-12/h1-3,6-9,11-12H,4-5,10H2,(H,25,26,28)/b18-9-. The molecule has 146 valence electrons. The molecular formula is C21H16Cl2N4OS. The highest BCUT2D eigenvalue weighted by molar-refractivity contribution is 8.18. The molecule has 1 aliphatic heterocycles. The molecule has 1 saturated heterocycles. The molecule has 1 N–H and O–H groups in total. The van der Waals surface area contributed by atoms with Crippen LogP contribution in [0.25, 0.3) is 17.1 Å². The van der Waals surface area contributed by atoms with Gasteiger partial charge >= 0.3 is 0 Å². The Morgan fingerprint density at radius 3 is 2.79 bits per heavy atom. The number of carbonyl (C=O) groups is 1. The minimum Gasteiger partial charge on any atom is -0.330 e. The number of thioether (sulfide) groups is 1. The molecule has 1 amide bonds. The van der Waals surface area contributed by atoms with Crippen LogP contribution >= 0.6 is 35.0 Å². The average Bonchev–Trinajstić information content (AvgIpc) is 3.33. The number of fused-ring (bicyclic) bond motifs is 1. The van der Waals surface area contributed by atoms with Crippen LogP contribution in [-0.4, -0.2) is 20.6 Å². The summed E-state index contributed by atoms with van der Waals surface area (Å²) in [6, 6.07) is 11.2. The van der Waals surface area contributed by atoms with E-state index in [1.807, 2.05) is 24.5 Å². The summed E-state index contributed by atoms with van der Waals surface area (Å²) < 4.78 is 2.20. The fraction of sp³-hybridized carbons (Fsp3) is 0.190. The van der Waals surface area contributed by atoms with Gasteiger partial charge in [0.05, 0.1) is 32.3 Å². The number of benzene rings is 2. The summed E-state index contributed by atoms with van der Waals surface area (Å²) >= 11 is 13.6. The number of rotatable bonds is 4. The van der Waals surface area contributed by atoms with Crippen LogP contribution in [0.2, 0.25) is 10.0 Å². The number of hydrogen-bond donors (Lipinski definition) is 1. The first-order valence-electron chi connectivity index (χ1n) is 9.25. The molecule has 0 bridgehead atoms. The van der Waals surface area contributed by atoms with Gasteiger partial charge in [0.15, 0.2) is 5.17 Å². The number of nitrogens with zero attached hydrogens (tertiary/aromatic N) is 3. The number of aromatic nitrogens is 2. The lowest BCUT2D eigenvalue weighted by molar-refractivity contribution is -0.115. The van der Waals surface area contributed by atoms with Gasteiger partial charge in [-0.1, -0.05) is 35.3 Å². The Balaban J connectivity index is 1.43. The smallest absolute Gasteiger partial charge is 0.264 e. The van der Waals surface area contributed by atoms with Crippen molar-refractivity contribution in [2.75, 3.05) is 0 Å². The first-order chi connectivity index (χ1) is 14.1. The van der Waals surface area contributed by atoms with Crippen LogP contribution < -0.4 is 5.32 Å². The Labute approximate surface area is 181 Å². The molecule has 1 aliphatic carbocycles. The summed E-state index contributed by atoms with van der Waals surface area (Å²) in [5.41, 5.74) is 3.45. The molecule has 0 radical (unpaired) electrons. The summed E-state index contributed by atoms with van der Waals surface area (Å²) in [6.07, 6.45) is 6.34. The van der Waals surface area contributed by atoms with E-state index in [0.717, 1.165) is 29.1 Å². The minimum absolute atomic E-state index is 0.191. The van der Waals surface area contributed by atoms with E-state index in [-0.39, 0.29) is 5.91 Å². The second-order valence-corrected chi connectivity index (χ2v) is 8.99. The molecule has 2 aliphatic rings. The summed E-state index contributed by atoms with van der Waals surface area (Å²) in [6.45, 7) is 1.00. The van der Waals surface area contributed by atoms with Crippen LogP contribution in [0.1, 0.15) is 18.4 Å². The maximum Gasteiger partial charge on any atom is 0.264 e. The lowest BCUT2D eigenvalue weighted by Crippen LogP contribution is -2.19. The van der Waals surface area contributed by atoms with Crippen molar-refractivity contribution in [3.8, 4) is 0 Å². The van der Waals surface area contributed by atoms with E-state index < -0.39 is 0 Å². The van der Waals surface area contributed by atoms with Gasteiger partial charge in [0.1, 0.15) is 5.69 Å². The van der Waals surface area contributed by atoms with Crippen molar-refractivity contribution in [3.63, 3.8) is 0 Å². The van der Waals surface area contributed by atoms with Gasteiger partial charge in [-0.25, -0.2) is 9.98 Å². The fourth-order valence-electron chi connectivity index (χ4n) is 3.22. The number of imidazole rings is 1. The van der Waals surface area contributed by atoms with Crippen molar-refractivity contribution >= 4 is 68.8 Å². The number of hydrogen-bond acceptors (Lipinski definition) is 4. The third-order valence-corrected chi connectivity index (χ3v) is 6.42. The number of halogens is 2. The highest BCUT2D eigenvalue weighted by Crippen LogP contribution is 2.36. The number of aliphatic imine (C=N–C) groups is 1. The van der Waals surface area contributed by atoms with Gasteiger partial charge in [0.25, 0.3) is 5.91 Å². The molecule has 0 unspecified atom stereocenters. The van der Waals surface area contributed by atoms with Crippen LogP contribution in [0.15, 0.2) is 52.6 Å². The minimum atomic E-state index is -0.191. The van der Waals surface area contributed by atoms with Crippen LogP contribution in [-0.2, 0) is 11.3 Å². The van der Waals surface area contributed by atoms with Crippen molar-refractivity contribution in [3.05, 3.63) is 63.2 Å². The molecule has 1 saturated carbocycles. The van der Waals surface area contributed by atoms with Gasteiger partial charge in [-0.15, -0.1) is 0 Å². The molecule has 2 fully saturated rings. The highest BCUT2D eigenvalue weighted by atomic mass is 35.5. The van der Waals surface area contributed by atoms with Crippen LogP contribution in [0.4, 0.5) is 5.69 Å². The van der Waals surface area contributed by atoms with E-state index in [4.69, 9.17) is 23.2 Å². The summed E-state index contributed by atoms with van der Waals surface area (Å²) in [4.78, 5) is 21.9. The number of para-hydroxylation sites is 1. The molecule has 0 atom stereocenters. The molecule has 3 aromatic rings. The molecule has 5 nitrogen and oxygen atoms in total. The van der Waals surface area contributed by atoms with Crippen molar-refractivity contribution < 1.29 is 4.79 Å². The fourth-order valence-corrected chi connectivity index (χ4v) is 4.53. The lowest BCUT2D eigenvalue weighted by Gasteiger charge is -2.03. The largest absolute Gasteiger partial charge is 0.330 e. The zero-order valence-corrected chi connectivity index (χ0v) is 17.6. The summed E-state index contributed by atoms with van der Waals surface area (Å²) in [5.74, 6) is 0.574. The molecule has 1 aromatic heterocycles. The molecule has 8 heteroatoms. The Kier molecular flexibility index (Phi) is 4.86. The summed E-state index contributed by atoms with van der Waals surface area (Å²) in [5, 5.41) is 4.10. The van der Waals surface area contributed by atoms with E-state index in [1.54, 1.807) is 18.2 Å². The zero-order valence-electron chi connectivity index (χ0n) is 15.2. The van der Waals surface area contributed by atoms with E-state index in [2.05, 4.69) is 25.9 Å². The van der Waals surface area contributed by atoms with Crippen LogP contribution in [0, 0.1) is 5.92 Å². The quantitative estimate of drug-likeness (QED) is 0.531. The number of amidine groups is 1. The van der Waals surface area contributed by atoms with Crippen LogP contribution in [0.3, 0.4) is 0 Å². The molecular weight excluding hydrogens is 427 g/mol. The number of nitrogens with one attached hydrogen (secondary N) is 1. The topological polar surface area (TPSA) is 59.3 Å². The second kappa shape index (κ2) is 7.52.